The van der Waals surface area contributed by atoms with Crippen LogP contribution in [0.5, 0.6) is 0 Å². The molecule has 0 aromatic heterocycles. The Hall–Kier alpha value is 2.21. The van der Waals surface area contributed by atoms with Crippen LogP contribution in [-0.4, -0.2) is 0 Å². The molecular weight excluding hydrogens is 225 g/mol. The van der Waals surface area contributed by atoms with Gasteiger partial charge in [-0.2, -0.15) is 7.82 Å². The van der Waals surface area contributed by atoms with E-state index in [2.05, 4.69) is 0 Å². The first-order valence-electron chi connectivity index (χ1n) is 0.730. The molecule has 0 saturated carbocycles. The molecule has 0 N–H and O–H groups in total. The minimum absolute atomic E-state index is 0. The van der Waals surface area contributed by atoms with E-state index in [4.69, 9.17) is 19.2 Å². The summed E-state index contributed by atoms with van der Waals surface area (Å²) in [6.07, 6.45) is 0. The van der Waals surface area contributed by atoms with Gasteiger partial charge >= 0.3 is 65.2 Å². The maximum atomic E-state index is 8.55. The minimum atomic E-state index is -5.39. The van der Waals surface area contributed by atoms with Crippen molar-refractivity contribution in [3.8, 4) is 0 Å². The van der Waals surface area contributed by atoms with E-state index in [1.807, 2.05) is 0 Å². The maximum Gasteiger partial charge on any atom is 5.00 e. The Labute approximate surface area is 91.3 Å². The first-order chi connectivity index (χ1) is 2.00. The SMILES string of the molecule is O=P([O-])([O-])[O-].[Fe+2].[Na+].[V+5]. The van der Waals surface area contributed by atoms with Gasteiger partial charge in [0.1, 0.15) is 0 Å². The Morgan fingerprint density at radius 3 is 1.12 bits per heavy atom. The zero-order valence-electron chi connectivity index (χ0n) is 3.88. The molecule has 8 heteroatoms. The number of phosphoric acid groups is 1. The van der Waals surface area contributed by atoms with Crippen molar-refractivity contribution < 1.29 is 84.4 Å². The van der Waals surface area contributed by atoms with Crippen LogP contribution in [0.25, 0.3) is 0 Å². The Morgan fingerprint density at radius 1 is 1.12 bits per heavy atom. The summed E-state index contributed by atoms with van der Waals surface area (Å²) < 4.78 is 8.55. The van der Waals surface area contributed by atoms with Crippen LogP contribution in [0.1, 0.15) is 0 Å². The van der Waals surface area contributed by atoms with Crippen molar-refractivity contribution in [1.82, 2.24) is 0 Å². The molecule has 0 spiro atoms. The van der Waals surface area contributed by atoms with Gasteiger partial charge in [-0.15, -0.1) is 0 Å². The van der Waals surface area contributed by atoms with Crippen LogP contribution in [0.2, 0.25) is 0 Å². The Bertz CT molecular complexity index is 62.2. The van der Waals surface area contributed by atoms with Crippen molar-refractivity contribution in [2.75, 3.05) is 0 Å². The zero-order valence-corrected chi connectivity index (χ0v) is 9.28. The normalized spacial score (nSPS) is 7.38. The summed E-state index contributed by atoms with van der Waals surface area (Å²) in [6.45, 7) is 0. The topological polar surface area (TPSA) is 86.2 Å². The molecule has 0 amide bonds. The predicted molar refractivity (Wildman–Crippen MR) is 7.61 cm³/mol. The van der Waals surface area contributed by atoms with Crippen molar-refractivity contribution >= 4 is 7.82 Å². The van der Waals surface area contributed by atoms with Crippen molar-refractivity contribution in [3.63, 3.8) is 0 Å². The van der Waals surface area contributed by atoms with E-state index in [0.717, 1.165) is 0 Å². The molecule has 0 saturated heterocycles. The fourth-order valence-corrected chi connectivity index (χ4v) is 0. The van der Waals surface area contributed by atoms with E-state index >= 15 is 0 Å². The van der Waals surface area contributed by atoms with Crippen LogP contribution in [0.15, 0.2) is 0 Å². The third-order valence-corrected chi connectivity index (χ3v) is 0. The van der Waals surface area contributed by atoms with Gasteiger partial charge < -0.3 is 19.2 Å². The Morgan fingerprint density at radius 2 is 1.12 bits per heavy atom. The largest absolute Gasteiger partial charge is 5.00 e. The van der Waals surface area contributed by atoms with Crippen LogP contribution < -0.4 is 44.2 Å². The molecule has 38 valence electrons. The maximum absolute atomic E-state index is 8.55. The molecule has 0 heterocycles. The molecular formula is FeNaO4PV+5. The van der Waals surface area contributed by atoms with Gasteiger partial charge in [-0.05, 0) is 0 Å². The fraction of sp³-hybridized carbons (Fsp3) is 0. The summed E-state index contributed by atoms with van der Waals surface area (Å²) >= 11 is 0. The van der Waals surface area contributed by atoms with Crippen molar-refractivity contribution in [3.05, 3.63) is 0 Å². The summed E-state index contributed by atoms with van der Waals surface area (Å²) in [4.78, 5) is 25.6. The van der Waals surface area contributed by atoms with E-state index in [-0.39, 0.29) is 65.2 Å². The van der Waals surface area contributed by atoms with Gasteiger partial charge in [0, 0.05) is 0 Å². The van der Waals surface area contributed by atoms with Gasteiger partial charge in [-0.3, -0.25) is 0 Å². The van der Waals surface area contributed by atoms with Crippen LogP contribution in [0.4, 0.5) is 0 Å². The predicted octanol–water partition coefficient (Wildman–Crippen LogP) is -5.83. The first-order valence-corrected chi connectivity index (χ1v) is 2.19. The second kappa shape index (κ2) is 9.21. The molecule has 0 aliphatic carbocycles. The van der Waals surface area contributed by atoms with Gasteiger partial charge in [0.25, 0.3) is 0 Å². The molecule has 0 fully saturated rings. The quantitative estimate of drug-likeness (QED) is 0.303. The second-order valence-corrected chi connectivity index (χ2v) is 1.34. The summed E-state index contributed by atoms with van der Waals surface area (Å²) in [6, 6.07) is 0. The fourth-order valence-electron chi connectivity index (χ4n) is 0. The number of hydrogen-bond donors (Lipinski definition) is 0. The molecule has 0 atom stereocenters. The molecule has 0 aliphatic heterocycles. The van der Waals surface area contributed by atoms with E-state index in [1.165, 1.54) is 0 Å². The van der Waals surface area contributed by atoms with Gasteiger partial charge in [0.15, 0.2) is 0 Å². The second-order valence-electron chi connectivity index (χ2n) is 0.447. The molecule has 4 nitrogen and oxygen atoms in total. The van der Waals surface area contributed by atoms with Gasteiger partial charge in [0.2, 0.25) is 0 Å². The third-order valence-electron chi connectivity index (χ3n) is 0. The van der Waals surface area contributed by atoms with E-state index in [1.54, 1.807) is 0 Å². The molecule has 0 aromatic rings. The van der Waals surface area contributed by atoms with Crippen LogP contribution in [-0.2, 0) is 40.2 Å². The molecule has 8 heavy (non-hydrogen) atoms. The van der Waals surface area contributed by atoms with E-state index < -0.39 is 7.82 Å². The molecule has 0 aliphatic rings. The van der Waals surface area contributed by atoms with Crippen molar-refractivity contribution in [2.45, 2.75) is 0 Å². The molecule has 0 aromatic carbocycles. The van der Waals surface area contributed by atoms with Gasteiger partial charge in [-0.25, -0.2) is 0 Å². The summed E-state index contributed by atoms with van der Waals surface area (Å²) in [5.74, 6) is 0. The summed E-state index contributed by atoms with van der Waals surface area (Å²) in [5, 5.41) is 0. The van der Waals surface area contributed by atoms with Crippen molar-refractivity contribution in [1.29, 1.82) is 0 Å². The van der Waals surface area contributed by atoms with E-state index in [9.17, 15) is 0 Å². The monoisotopic (exact) mass is 225 g/mol. The number of hydrogen-bond acceptors (Lipinski definition) is 4. The average molecular weight is 225 g/mol. The van der Waals surface area contributed by atoms with Crippen LogP contribution in [0.3, 0.4) is 0 Å². The Balaban J connectivity index is -0.0000000267. The van der Waals surface area contributed by atoms with Crippen LogP contribution in [0, 0.1) is 0 Å². The van der Waals surface area contributed by atoms with Gasteiger partial charge in [-0.1, -0.05) is 0 Å². The molecule has 0 rings (SSSR count). The average Bonchev–Trinajstić information content (AvgIpc) is 0.722. The van der Waals surface area contributed by atoms with Crippen LogP contribution >= 0.6 is 7.82 Å². The molecule has 0 bridgehead atoms. The first kappa shape index (κ1) is 22.5. The summed E-state index contributed by atoms with van der Waals surface area (Å²) in [5.41, 5.74) is 0. The smallest absolute Gasteiger partial charge is 0.822 e. The zero-order chi connectivity index (χ0) is 4.50. The minimum Gasteiger partial charge on any atom is -0.822 e. The molecule has 0 radical (unpaired) electrons. The van der Waals surface area contributed by atoms with E-state index in [0.29, 0.717) is 0 Å². The Kier molecular flexibility index (Phi) is 25.9. The summed E-state index contributed by atoms with van der Waals surface area (Å²) in [7, 11) is -5.39. The molecule has 0 unspecified atom stereocenters. The number of rotatable bonds is 0. The van der Waals surface area contributed by atoms with Gasteiger partial charge in [0.05, 0.1) is 0 Å². The standard InChI is InChI=1S/Fe.Na.H3O4P.V/c;;1-5(2,3)4;/h;;(H3,1,2,3,4);/q+2;+1;;+5/p-3. The third kappa shape index (κ3) is 87.2. The van der Waals surface area contributed by atoms with Crippen molar-refractivity contribution in [2.24, 2.45) is 0 Å².